The molecule has 0 bridgehead atoms. The molecule has 1 aromatic heterocycles. The third-order valence-corrected chi connectivity index (χ3v) is 3.71. The second-order valence-corrected chi connectivity index (χ2v) is 5.42. The van der Waals surface area contributed by atoms with Crippen molar-refractivity contribution in [1.29, 1.82) is 0 Å². The molecule has 126 valence electrons. The van der Waals surface area contributed by atoms with E-state index in [-0.39, 0.29) is 18.6 Å². The Bertz CT molecular complexity index is 664. The van der Waals surface area contributed by atoms with Crippen molar-refractivity contribution in [3.8, 4) is 0 Å². The topological polar surface area (TPSA) is 65.4 Å². The van der Waals surface area contributed by atoms with Gasteiger partial charge < -0.3 is 9.36 Å². The Balaban J connectivity index is 2.51. The summed E-state index contributed by atoms with van der Waals surface area (Å²) in [5, 5.41) is 0. The Morgan fingerprint density at radius 3 is 2.57 bits per heavy atom. The molecular weight excluding hydrogens is 322 g/mol. The number of hydrogen-bond acceptors (Lipinski definition) is 4. The van der Waals surface area contributed by atoms with Gasteiger partial charge in [-0.2, -0.15) is 13.2 Å². The molecule has 1 aliphatic carbocycles. The van der Waals surface area contributed by atoms with Crippen LogP contribution < -0.4 is 5.56 Å². The summed E-state index contributed by atoms with van der Waals surface area (Å²) in [7, 11) is 0. The lowest BCUT2D eigenvalue weighted by Gasteiger charge is -2.19. The molecule has 0 radical (unpaired) electrons. The van der Waals surface area contributed by atoms with Gasteiger partial charge in [0.1, 0.15) is 12.3 Å². The van der Waals surface area contributed by atoms with Gasteiger partial charge in [-0.1, -0.05) is 12.8 Å². The SMILES string of the molecule is O=CCc1cn(C(CC2CC2)C(=O)OF)c(=O)cc1C(F)(F)F. The molecule has 1 heterocycles. The van der Waals surface area contributed by atoms with E-state index < -0.39 is 41.3 Å². The quantitative estimate of drug-likeness (QED) is 0.591. The molecule has 1 unspecified atom stereocenters. The zero-order valence-electron chi connectivity index (χ0n) is 11.8. The third-order valence-electron chi connectivity index (χ3n) is 3.71. The van der Waals surface area contributed by atoms with Crippen molar-refractivity contribution in [3.05, 3.63) is 33.7 Å². The monoisotopic (exact) mass is 335 g/mol. The molecule has 5 nitrogen and oxygen atoms in total. The van der Waals surface area contributed by atoms with Crippen molar-refractivity contribution < 1.29 is 32.2 Å². The minimum absolute atomic E-state index is 0.0859. The van der Waals surface area contributed by atoms with Gasteiger partial charge in [0.2, 0.25) is 0 Å². The van der Waals surface area contributed by atoms with Gasteiger partial charge in [0, 0.05) is 23.2 Å². The van der Waals surface area contributed by atoms with Crippen LogP contribution in [0.5, 0.6) is 0 Å². The van der Waals surface area contributed by atoms with E-state index in [0.717, 1.165) is 19.0 Å². The van der Waals surface area contributed by atoms with E-state index in [4.69, 9.17) is 0 Å². The van der Waals surface area contributed by atoms with Crippen LogP contribution in [0, 0.1) is 5.92 Å². The molecule has 0 spiro atoms. The fourth-order valence-corrected chi connectivity index (χ4v) is 2.40. The number of rotatable bonds is 6. The average molecular weight is 335 g/mol. The van der Waals surface area contributed by atoms with Crippen LogP contribution in [0.1, 0.15) is 36.4 Å². The van der Waals surface area contributed by atoms with Gasteiger partial charge in [-0.25, -0.2) is 4.79 Å². The number of hydrogen-bond donors (Lipinski definition) is 0. The summed E-state index contributed by atoms with van der Waals surface area (Å²) in [5.41, 5.74) is -2.81. The molecule has 0 amide bonds. The maximum absolute atomic E-state index is 12.9. The van der Waals surface area contributed by atoms with E-state index in [9.17, 15) is 32.1 Å². The normalized spacial score (nSPS) is 16.0. The lowest BCUT2D eigenvalue weighted by molar-refractivity contribution is -0.188. The minimum atomic E-state index is -4.82. The molecule has 0 saturated heterocycles. The van der Waals surface area contributed by atoms with Gasteiger partial charge >= 0.3 is 12.1 Å². The maximum atomic E-state index is 12.9. The number of halogens is 4. The lowest BCUT2D eigenvalue weighted by atomic mass is 10.1. The van der Waals surface area contributed by atoms with Gasteiger partial charge in [-0.15, -0.1) is 0 Å². The summed E-state index contributed by atoms with van der Waals surface area (Å²) in [6.07, 6.45) is -2.71. The zero-order chi connectivity index (χ0) is 17.2. The minimum Gasteiger partial charge on any atom is -0.303 e. The second-order valence-electron chi connectivity index (χ2n) is 5.42. The fraction of sp³-hybridized carbons (Fsp3) is 0.500. The van der Waals surface area contributed by atoms with E-state index in [0.29, 0.717) is 10.6 Å². The highest BCUT2D eigenvalue weighted by atomic mass is 19.4. The third kappa shape index (κ3) is 3.96. The summed E-state index contributed by atoms with van der Waals surface area (Å²) in [4.78, 5) is 37.2. The van der Waals surface area contributed by atoms with Crippen molar-refractivity contribution in [2.45, 2.75) is 37.9 Å². The van der Waals surface area contributed by atoms with Crippen molar-refractivity contribution in [2.75, 3.05) is 0 Å². The first-order valence-corrected chi connectivity index (χ1v) is 6.86. The summed E-state index contributed by atoms with van der Waals surface area (Å²) < 4.78 is 51.7. The van der Waals surface area contributed by atoms with Crippen LogP contribution >= 0.6 is 0 Å². The predicted octanol–water partition coefficient (Wildman–Crippen LogP) is 2.38. The van der Waals surface area contributed by atoms with Crippen molar-refractivity contribution in [1.82, 2.24) is 4.57 Å². The molecule has 1 aliphatic rings. The first kappa shape index (κ1) is 17.2. The molecule has 1 aromatic rings. The van der Waals surface area contributed by atoms with Crippen LogP contribution in [-0.4, -0.2) is 16.8 Å². The summed E-state index contributed by atoms with van der Waals surface area (Å²) in [5.74, 6) is -1.27. The van der Waals surface area contributed by atoms with E-state index in [2.05, 4.69) is 4.94 Å². The van der Waals surface area contributed by atoms with Crippen LogP contribution in [0.15, 0.2) is 17.1 Å². The summed E-state index contributed by atoms with van der Waals surface area (Å²) in [6.45, 7) is 0. The first-order chi connectivity index (χ1) is 10.8. The molecule has 0 aromatic carbocycles. The number of alkyl halides is 3. The highest BCUT2D eigenvalue weighted by molar-refractivity contribution is 5.73. The van der Waals surface area contributed by atoms with Crippen LogP contribution in [-0.2, 0) is 27.1 Å². The Hall–Kier alpha value is -2.19. The molecule has 23 heavy (non-hydrogen) atoms. The molecule has 9 heteroatoms. The number of carbonyl (C=O) groups is 2. The second kappa shape index (κ2) is 6.51. The zero-order valence-corrected chi connectivity index (χ0v) is 11.8. The highest BCUT2D eigenvalue weighted by Crippen LogP contribution is 2.37. The van der Waals surface area contributed by atoms with Gasteiger partial charge in [-0.05, 0) is 17.9 Å². The molecular formula is C14H13F4NO4. The summed E-state index contributed by atoms with van der Waals surface area (Å²) in [6, 6.07) is -1.04. The smallest absolute Gasteiger partial charge is 0.303 e. The highest BCUT2D eigenvalue weighted by Gasteiger charge is 2.37. The van der Waals surface area contributed by atoms with Gasteiger partial charge in [0.25, 0.3) is 5.56 Å². The molecule has 0 aliphatic heterocycles. The fourth-order valence-electron chi connectivity index (χ4n) is 2.40. The van der Waals surface area contributed by atoms with Gasteiger partial charge in [-0.3, -0.25) is 9.74 Å². The van der Waals surface area contributed by atoms with Crippen molar-refractivity contribution in [3.63, 3.8) is 0 Å². The predicted molar refractivity (Wildman–Crippen MR) is 69.1 cm³/mol. The van der Waals surface area contributed by atoms with Gasteiger partial charge in [0.15, 0.2) is 0 Å². The number of aromatic nitrogens is 1. The Morgan fingerprint density at radius 2 is 2.09 bits per heavy atom. The van der Waals surface area contributed by atoms with E-state index in [1.165, 1.54) is 0 Å². The first-order valence-electron chi connectivity index (χ1n) is 6.86. The van der Waals surface area contributed by atoms with E-state index in [1.807, 2.05) is 0 Å². The molecule has 1 atom stereocenters. The Labute approximate surface area is 127 Å². The van der Waals surface area contributed by atoms with Crippen molar-refractivity contribution >= 4 is 12.3 Å². The van der Waals surface area contributed by atoms with Gasteiger partial charge in [0.05, 0.1) is 5.56 Å². The van der Waals surface area contributed by atoms with Crippen LogP contribution in [0.2, 0.25) is 0 Å². The molecule has 2 rings (SSSR count). The van der Waals surface area contributed by atoms with Crippen molar-refractivity contribution in [2.24, 2.45) is 5.92 Å². The number of aldehydes is 1. The average Bonchev–Trinajstić information content (AvgIpc) is 3.29. The number of pyridine rings is 1. The maximum Gasteiger partial charge on any atom is 0.416 e. The Kier molecular flexibility index (Phi) is 4.86. The molecule has 0 N–H and O–H groups in total. The van der Waals surface area contributed by atoms with Crippen LogP contribution in [0.4, 0.5) is 17.7 Å². The summed E-state index contributed by atoms with van der Waals surface area (Å²) >= 11 is 0. The molecule has 1 fully saturated rings. The van der Waals surface area contributed by atoms with Crippen LogP contribution in [0.25, 0.3) is 0 Å². The van der Waals surface area contributed by atoms with Crippen LogP contribution in [0.3, 0.4) is 0 Å². The lowest BCUT2D eigenvalue weighted by Crippen LogP contribution is -2.32. The largest absolute Gasteiger partial charge is 0.416 e. The van der Waals surface area contributed by atoms with E-state index in [1.54, 1.807) is 0 Å². The standard InChI is InChI=1S/C14H13F4NO4/c15-14(16,17)10-6-12(21)19(7-9(10)3-4-20)11(13(22)23-18)5-8-1-2-8/h4,6-8,11H,1-3,5H2. The number of carbonyl (C=O) groups excluding carboxylic acids is 2. The number of nitrogens with zero attached hydrogens (tertiary/aromatic N) is 1. The Morgan fingerprint density at radius 1 is 1.43 bits per heavy atom. The van der Waals surface area contributed by atoms with E-state index >= 15 is 0 Å². The molecule has 1 saturated carbocycles.